The van der Waals surface area contributed by atoms with E-state index in [2.05, 4.69) is 9.97 Å². The van der Waals surface area contributed by atoms with Crippen LogP contribution in [0.5, 0.6) is 23.0 Å². The molecule has 0 aliphatic rings. The van der Waals surface area contributed by atoms with E-state index in [9.17, 15) is 9.59 Å². The lowest BCUT2D eigenvalue weighted by molar-refractivity contribution is -0.121. The molecule has 0 radical (unpaired) electrons. The maximum Gasteiger partial charge on any atom is 0.163 e. The molecule has 2 heterocycles. The fourth-order valence-electron chi connectivity index (χ4n) is 3.77. The number of nitrogens with zero attached hydrogens (tertiary/aromatic N) is 2. The van der Waals surface area contributed by atoms with Crippen LogP contribution in [0.2, 0.25) is 0 Å². The number of methoxy groups -OCH3 is 2. The number of hydrogen-bond acceptors (Lipinski definition) is 8. The molecule has 0 aliphatic carbocycles. The van der Waals surface area contributed by atoms with Gasteiger partial charge >= 0.3 is 0 Å². The first kappa shape index (κ1) is 28.8. The van der Waals surface area contributed by atoms with Crippen LogP contribution in [0.1, 0.15) is 28.9 Å². The van der Waals surface area contributed by atoms with E-state index in [1.54, 1.807) is 75.2 Å². The molecule has 0 saturated heterocycles. The lowest BCUT2D eigenvalue weighted by atomic mass is 10.1. The molecular formula is C33H30N2O6. The first-order valence-corrected chi connectivity index (χ1v) is 12.9. The minimum absolute atomic E-state index is 0.270. The standard InChI is InChI=1S/C33H30N2O6/c1-38-32-20-30(40-22-26-7-3-5-17-34-26)15-11-24(32)9-13-28(36)19-29(37)14-10-25-12-16-31(21-33(25)39-2)41-23-27-8-4-6-18-35-27/h3-18,20-21H,19,22-23H2,1-2H3/b13-9+,14-10+. The van der Waals surface area contributed by atoms with Crippen LogP contribution in [0.25, 0.3) is 12.2 Å². The van der Waals surface area contributed by atoms with Crippen LogP contribution in [-0.2, 0) is 22.8 Å². The van der Waals surface area contributed by atoms with Crippen LogP contribution >= 0.6 is 0 Å². The lowest BCUT2D eigenvalue weighted by Crippen LogP contribution is -2.02. The predicted molar refractivity (Wildman–Crippen MR) is 156 cm³/mol. The highest BCUT2D eigenvalue weighted by molar-refractivity contribution is 6.11. The molecule has 4 aromatic rings. The predicted octanol–water partition coefficient (Wildman–Crippen LogP) is 5.91. The van der Waals surface area contributed by atoms with Crippen molar-refractivity contribution in [2.75, 3.05) is 14.2 Å². The number of carbonyl (C=O) groups is 2. The molecule has 0 atom stereocenters. The lowest BCUT2D eigenvalue weighted by Gasteiger charge is -2.10. The van der Waals surface area contributed by atoms with Crippen molar-refractivity contribution in [2.45, 2.75) is 19.6 Å². The SMILES string of the molecule is COc1cc(OCc2ccccn2)ccc1/C=C/C(=O)CC(=O)/C=C/c1ccc(OCc2ccccn2)cc1OC. The Bertz CT molecular complexity index is 1400. The topological polar surface area (TPSA) is 96.8 Å². The molecule has 2 aromatic carbocycles. The molecule has 0 spiro atoms. The van der Waals surface area contributed by atoms with Crippen molar-refractivity contribution in [1.82, 2.24) is 9.97 Å². The largest absolute Gasteiger partial charge is 0.496 e. The second-order valence-electron chi connectivity index (χ2n) is 8.80. The summed E-state index contributed by atoms with van der Waals surface area (Å²) in [7, 11) is 3.08. The minimum Gasteiger partial charge on any atom is -0.496 e. The summed E-state index contributed by atoms with van der Waals surface area (Å²) in [4.78, 5) is 33.4. The summed E-state index contributed by atoms with van der Waals surface area (Å²) in [5.41, 5.74) is 2.98. The molecule has 8 heteroatoms. The number of pyridine rings is 2. The van der Waals surface area contributed by atoms with E-state index in [1.165, 1.54) is 12.2 Å². The Balaban J connectivity index is 1.31. The van der Waals surface area contributed by atoms with Gasteiger partial charge in [-0.05, 0) is 72.8 Å². The number of aromatic nitrogens is 2. The molecule has 0 fully saturated rings. The van der Waals surface area contributed by atoms with Crippen LogP contribution in [0.4, 0.5) is 0 Å². The molecule has 208 valence electrons. The van der Waals surface area contributed by atoms with Gasteiger partial charge in [0.2, 0.25) is 0 Å². The Labute approximate surface area is 238 Å². The van der Waals surface area contributed by atoms with E-state index < -0.39 is 0 Å². The van der Waals surface area contributed by atoms with Crippen LogP contribution in [0.3, 0.4) is 0 Å². The van der Waals surface area contributed by atoms with Crippen molar-refractivity contribution in [3.8, 4) is 23.0 Å². The Morgan fingerprint density at radius 3 is 1.51 bits per heavy atom. The summed E-state index contributed by atoms with van der Waals surface area (Å²) in [5, 5.41) is 0. The number of ether oxygens (including phenoxy) is 4. The monoisotopic (exact) mass is 550 g/mol. The number of allylic oxidation sites excluding steroid dienone is 2. The van der Waals surface area contributed by atoms with Crippen molar-refractivity contribution < 1.29 is 28.5 Å². The van der Waals surface area contributed by atoms with Gasteiger partial charge in [0.05, 0.1) is 32.0 Å². The summed E-state index contributed by atoms with van der Waals surface area (Å²) in [5.74, 6) is 1.64. The summed E-state index contributed by atoms with van der Waals surface area (Å²) in [6.45, 7) is 0.645. The molecule has 0 amide bonds. The molecule has 0 unspecified atom stereocenters. The van der Waals surface area contributed by atoms with Gasteiger partial charge in [-0.3, -0.25) is 19.6 Å². The zero-order chi connectivity index (χ0) is 28.9. The molecule has 2 aromatic heterocycles. The van der Waals surface area contributed by atoms with Gasteiger partial charge in [0.1, 0.15) is 36.2 Å². The third-order valence-electron chi connectivity index (χ3n) is 5.88. The summed E-state index contributed by atoms with van der Waals surface area (Å²) in [6, 6.07) is 21.9. The van der Waals surface area contributed by atoms with Gasteiger partial charge in [0, 0.05) is 35.7 Å². The molecular weight excluding hydrogens is 520 g/mol. The highest BCUT2D eigenvalue weighted by Gasteiger charge is 2.09. The molecule has 0 aliphatic heterocycles. The van der Waals surface area contributed by atoms with Crippen molar-refractivity contribution in [1.29, 1.82) is 0 Å². The van der Waals surface area contributed by atoms with E-state index in [4.69, 9.17) is 18.9 Å². The molecule has 4 rings (SSSR count). The van der Waals surface area contributed by atoms with Crippen molar-refractivity contribution in [3.63, 3.8) is 0 Å². The number of ketones is 2. The maximum atomic E-state index is 12.5. The van der Waals surface area contributed by atoms with Gasteiger partial charge in [-0.25, -0.2) is 0 Å². The fourth-order valence-corrected chi connectivity index (χ4v) is 3.77. The van der Waals surface area contributed by atoms with Crippen LogP contribution in [0.15, 0.2) is 97.3 Å². The number of rotatable bonds is 14. The smallest absolute Gasteiger partial charge is 0.163 e. The van der Waals surface area contributed by atoms with Gasteiger partial charge in [-0.2, -0.15) is 0 Å². The first-order valence-electron chi connectivity index (χ1n) is 12.9. The molecule has 0 bridgehead atoms. The fraction of sp³-hybridized carbons (Fsp3) is 0.152. The van der Waals surface area contributed by atoms with Gasteiger partial charge in [0.25, 0.3) is 0 Å². The Morgan fingerprint density at radius 2 is 1.12 bits per heavy atom. The number of carbonyl (C=O) groups excluding carboxylic acids is 2. The molecule has 41 heavy (non-hydrogen) atoms. The number of benzene rings is 2. The summed E-state index contributed by atoms with van der Waals surface area (Å²) in [6.07, 6.45) is 9.12. The average molecular weight is 551 g/mol. The minimum atomic E-state index is -0.331. The third kappa shape index (κ3) is 8.90. The second kappa shape index (κ2) is 14.8. The first-order chi connectivity index (χ1) is 20.0. The van der Waals surface area contributed by atoms with E-state index in [-0.39, 0.29) is 18.0 Å². The zero-order valence-corrected chi connectivity index (χ0v) is 22.9. The third-order valence-corrected chi connectivity index (χ3v) is 5.88. The maximum absolute atomic E-state index is 12.5. The Hall–Kier alpha value is -5.24. The average Bonchev–Trinajstić information content (AvgIpc) is 3.02. The molecule has 0 N–H and O–H groups in total. The van der Waals surface area contributed by atoms with E-state index in [0.29, 0.717) is 47.3 Å². The van der Waals surface area contributed by atoms with E-state index in [0.717, 1.165) is 11.4 Å². The second-order valence-corrected chi connectivity index (χ2v) is 8.80. The quantitative estimate of drug-likeness (QED) is 0.141. The Kier molecular flexibility index (Phi) is 10.4. The summed E-state index contributed by atoms with van der Waals surface area (Å²) < 4.78 is 22.5. The van der Waals surface area contributed by atoms with Gasteiger partial charge in [-0.15, -0.1) is 0 Å². The number of hydrogen-bond donors (Lipinski definition) is 0. The van der Waals surface area contributed by atoms with Crippen LogP contribution < -0.4 is 18.9 Å². The molecule has 0 saturated carbocycles. The normalized spacial score (nSPS) is 11.0. The van der Waals surface area contributed by atoms with Gasteiger partial charge < -0.3 is 18.9 Å². The Morgan fingerprint density at radius 1 is 0.659 bits per heavy atom. The van der Waals surface area contributed by atoms with E-state index >= 15 is 0 Å². The van der Waals surface area contributed by atoms with Crippen molar-refractivity contribution in [3.05, 3.63) is 120 Å². The van der Waals surface area contributed by atoms with Gasteiger partial charge in [-0.1, -0.05) is 12.1 Å². The van der Waals surface area contributed by atoms with Crippen LogP contribution in [0, 0.1) is 0 Å². The van der Waals surface area contributed by atoms with E-state index in [1.807, 2.05) is 36.4 Å². The molecule has 8 nitrogen and oxygen atoms in total. The zero-order valence-electron chi connectivity index (χ0n) is 22.9. The van der Waals surface area contributed by atoms with Gasteiger partial charge in [0.15, 0.2) is 11.6 Å². The highest BCUT2D eigenvalue weighted by atomic mass is 16.5. The summed E-state index contributed by atoms with van der Waals surface area (Å²) >= 11 is 0. The van der Waals surface area contributed by atoms with Crippen molar-refractivity contribution >= 4 is 23.7 Å². The van der Waals surface area contributed by atoms with Crippen molar-refractivity contribution in [2.24, 2.45) is 0 Å². The highest BCUT2D eigenvalue weighted by Crippen LogP contribution is 2.27. The van der Waals surface area contributed by atoms with Crippen LogP contribution in [-0.4, -0.2) is 35.8 Å².